The zero-order valence-electron chi connectivity index (χ0n) is 14.7. The van der Waals surface area contributed by atoms with Crippen molar-refractivity contribution in [3.63, 3.8) is 0 Å². The number of ketones is 1. The van der Waals surface area contributed by atoms with Crippen LogP contribution in [0, 0.1) is 40.7 Å². The van der Waals surface area contributed by atoms with Crippen LogP contribution in [-0.4, -0.2) is 20.7 Å². The van der Waals surface area contributed by atoms with Crippen molar-refractivity contribution in [1.82, 2.24) is 9.78 Å². The van der Waals surface area contributed by atoms with Gasteiger partial charge in [-0.2, -0.15) is 9.78 Å². The molecule has 0 aliphatic heterocycles. The standard InChI is InChI=1S/C17H5F9N2O2.Zn/c18-5-1-4(2-6(19)10(5)22)15(29)9-13(16(25)26)27-28(17(9)30)14-11(23)7(20)3-8(21)12(14)24;/h1-3,16,30H;. The first-order valence-corrected chi connectivity index (χ1v) is 7.58. The summed E-state index contributed by atoms with van der Waals surface area (Å²) in [6, 6.07) is 0.00443. The molecule has 4 nitrogen and oxygen atoms in total. The maximum absolute atomic E-state index is 14.0. The predicted octanol–water partition coefficient (Wildman–Crippen LogP) is 4.72. The molecule has 0 saturated carbocycles. The first-order valence-electron chi connectivity index (χ1n) is 7.58. The minimum Gasteiger partial charge on any atom is -0.493 e. The molecule has 0 aliphatic carbocycles. The van der Waals surface area contributed by atoms with Gasteiger partial charge in [0.1, 0.15) is 16.9 Å². The SMILES string of the molecule is O=C(c1cc(F)c(F)c(F)c1)c1c(C(F)F)nn(-c2c(F)c(F)cc(F)c2F)c1O.[Zn]. The van der Waals surface area contributed by atoms with Crippen LogP contribution >= 0.6 is 0 Å². The Kier molecular flexibility index (Phi) is 6.84. The normalized spacial score (nSPS) is 11.0. The molecule has 0 fully saturated rings. The number of aromatic hydroxyl groups is 1. The molecule has 0 spiro atoms. The van der Waals surface area contributed by atoms with Crippen molar-refractivity contribution in [3.05, 3.63) is 75.7 Å². The Morgan fingerprint density at radius 2 is 1.29 bits per heavy atom. The number of halogens is 9. The first kappa shape index (κ1) is 24.4. The molecule has 0 atom stereocenters. The second kappa shape index (κ2) is 8.69. The topological polar surface area (TPSA) is 55.1 Å². The van der Waals surface area contributed by atoms with E-state index in [9.17, 15) is 49.4 Å². The molecule has 0 amide bonds. The van der Waals surface area contributed by atoms with E-state index >= 15 is 0 Å². The number of carbonyl (C=O) groups excluding carboxylic acids is 1. The Morgan fingerprint density at radius 3 is 1.74 bits per heavy atom. The summed E-state index contributed by atoms with van der Waals surface area (Å²) in [5.74, 6) is -17.5. The number of hydrogen-bond donors (Lipinski definition) is 1. The third-order valence-corrected chi connectivity index (χ3v) is 3.87. The van der Waals surface area contributed by atoms with Crippen LogP contribution in [0.3, 0.4) is 0 Å². The van der Waals surface area contributed by atoms with Crippen LogP contribution in [0.25, 0.3) is 5.69 Å². The minimum atomic E-state index is -3.70. The van der Waals surface area contributed by atoms with Crippen LogP contribution in [-0.2, 0) is 19.5 Å². The zero-order valence-corrected chi connectivity index (χ0v) is 17.6. The van der Waals surface area contributed by atoms with E-state index in [0.717, 1.165) is 0 Å². The number of hydrogen-bond acceptors (Lipinski definition) is 3. The van der Waals surface area contributed by atoms with Gasteiger partial charge in [-0.25, -0.2) is 39.5 Å². The minimum absolute atomic E-state index is 0. The van der Waals surface area contributed by atoms with Crippen molar-refractivity contribution in [2.24, 2.45) is 0 Å². The zero-order chi connectivity index (χ0) is 22.5. The van der Waals surface area contributed by atoms with E-state index in [4.69, 9.17) is 0 Å². The molecule has 0 saturated heterocycles. The maximum Gasteiger partial charge on any atom is 0.283 e. The average Bonchev–Trinajstić information content (AvgIpc) is 3.01. The summed E-state index contributed by atoms with van der Waals surface area (Å²) in [7, 11) is 0. The molecule has 160 valence electrons. The third-order valence-electron chi connectivity index (χ3n) is 3.87. The molecule has 0 bridgehead atoms. The largest absolute Gasteiger partial charge is 0.493 e. The number of rotatable bonds is 4. The molecule has 0 unspecified atom stereocenters. The summed E-state index contributed by atoms with van der Waals surface area (Å²) in [4.78, 5) is 12.4. The van der Waals surface area contributed by atoms with Crippen LogP contribution in [0.1, 0.15) is 28.0 Å². The van der Waals surface area contributed by atoms with E-state index in [-0.39, 0.29) is 37.7 Å². The smallest absolute Gasteiger partial charge is 0.283 e. The monoisotopic (exact) mass is 504 g/mol. The number of nitrogens with zero attached hydrogens (tertiary/aromatic N) is 2. The van der Waals surface area contributed by atoms with E-state index in [1.54, 1.807) is 0 Å². The van der Waals surface area contributed by atoms with Gasteiger partial charge in [0, 0.05) is 31.1 Å². The number of benzene rings is 2. The molecule has 2 aromatic carbocycles. The Labute approximate surface area is 178 Å². The fourth-order valence-corrected chi connectivity index (χ4v) is 2.53. The van der Waals surface area contributed by atoms with Gasteiger partial charge < -0.3 is 5.11 Å². The van der Waals surface area contributed by atoms with Crippen LogP contribution in [0.4, 0.5) is 39.5 Å². The van der Waals surface area contributed by atoms with Crippen LogP contribution in [0.5, 0.6) is 5.88 Å². The Morgan fingerprint density at radius 1 is 0.839 bits per heavy atom. The Bertz CT molecular complexity index is 1150. The Balaban J connectivity index is 0.00000341. The predicted molar refractivity (Wildman–Crippen MR) is 79.8 cm³/mol. The molecule has 0 aliphatic rings. The van der Waals surface area contributed by atoms with Crippen molar-refractivity contribution in [2.75, 3.05) is 0 Å². The van der Waals surface area contributed by atoms with Gasteiger partial charge in [0.15, 0.2) is 40.7 Å². The second-order valence-corrected chi connectivity index (χ2v) is 5.70. The van der Waals surface area contributed by atoms with Crippen LogP contribution in [0.15, 0.2) is 18.2 Å². The van der Waals surface area contributed by atoms with E-state index in [1.807, 2.05) is 0 Å². The fourth-order valence-electron chi connectivity index (χ4n) is 2.53. The number of aromatic nitrogens is 2. The van der Waals surface area contributed by atoms with Crippen molar-refractivity contribution in [1.29, 1.82) is 0 Å². The second-order valence-electron chi connectivity index (χ2n) is 5.70. The van der Waals surface area contributed by atoms with Gasteiger partial charge in [-0.3, -0.25) is 4.79 Å². The van der Waals surface area contributed by atoms with E-state index in [2.05, 4.69) is 5.10 Å². The quantitative estimate of drug-likeness (QED) is 0.184. The van der Waals surface area contributed by atoms with Crippen LogP contribution in [0.2, 0.25) is 0 Å². The summed E-state index contributed by atoms with van der Waals surface area (Å²) in [5.41, 5.74) is -5.97. The van der Waals surface area contributed by atoms with Crippen molar-refractivity contribution in [3.8, 4) is 11.6 Å². The van der Waals surface area contributed by atoms with E-state index in [1.165, 1.54) is 0 Å². The average molecular weight is 506 g/mol. The third kappa shape index (κ3) is 4.03. The van der Waals surface area contributed by atoms with Gasteiger partial charge in [0.25, 0.3) is 6.43 Å². The van der Waals surface area contributed by atoms with Crippen LogP contribution < -0.4 is 0 Å². The summed E-state index contributed by atoms with van der Waals surface area (Å²) in [6.45, 7) is 0. The van der Waals surface area contributed by atoms with Gasteiger partial charge >= 0.3 is 0 Å². The van der Waals surface area contributed by atoms with Crippen molar-refractivity contribution < 1.29 is 68.9 Å². The molecular formula is C17H5F9N2O2Zn. The molecule has 1 aromatic heterocycles. The number of carbonyl (C=O) groups is 1. The number of alkyl halides is 2. The van der Waals surface area contributed by atoms with Gasteiger partial charge in [0.05, 0.1) is 0 Å². The summed E-state index contributed by atoms with van der Waals surface area (Å²) < 4.78 is 121. The fraction of sp³-hybridized carbons (Fsp3) is 0.0588. The summed E-state index contributed by atoms with van der Waals surface area (Å²) in [5, 5.41) is 13.0. The summed E-state index contributed by atoms with van der Waals surface area (Å²) in [6.07, 6.45) is -3.70. The molecule has 1 N–H and O–H groups in total. The Hall–Kier alpha value is -2.89. The van der Waals surface area contributed by atoms with Crippen molar-refractivity contribution in [2.45, 2.75) is 6.43 Å². The molecule has 0 radical (unpaired) electrons. The van der Waals surface area contributed by atoms with Gasteiger partial charge in [-0.15, -0.1) is 0 Å². The van der Waals surface area contributed by atoms with E-state index < -0.39 is 86.0 Å². The molecule has 1 heterocycles. The maximum atomic E-state index is 14.0. The molecule has 14 heteroatoms. The molecule has 3 aromatic rings. The molecule has 31 heavy (non-hydrogen) atoms. The van der Waals surface area contributed by atoms with E-state index in [0.29, 0.717) is 0 Å². The summed E-state index contributed by atoms with van der Waals surface area (Å²) >= 11 is 0. The van der Waals surface area contributed by atoms with Crippen molar-refractivity contribution >= 4 is 5.78 Å². The molecule has 3 rings (SSSR count). The first-order chi connectivity index (χ1) is 14.0. The van der Waals surface area contributed by atoms with Gasteiger partial charge in [0.2, 0.25) is 11.7 Å². The van der Waals surface area contributed by atoms with Gasteiger partial charge in [-0.1, -0.05) is 0 Å². The van der Waals surface area contributed by atoms with Gasteiger partial charge in [-0.05, 0) is 12.1 Å². The molecular weight excluding hydrogens is 501 g/mol.